The molecule has 4 aromatic rings. The van der Waals surface area contributed by atoms with Crippen LogP contribution in [0.5, 0.6) is 5.75 Å². The molecule has 1 aliphatic heterocycles. The number of halogens is 2. The Balaban J connectivity index is 1.29. The number of nitrogens with one attached hydrogen (secondary N) is 5. The fourth-order valence-electron chi connectivity index (χ4n) is 4.10. The maximum Gasteiger partial charge on any atom is 0.201 e. The lowest BCUT2D eigenvalue weighted by molar-refractivity contribution is 0.213. The van der Waals surface area contributed by atoms with E-state index in [2.05, 4.69) is 36.1 Å². The summed E-state index contributed by atoms with van der Waals surface area (Å²) in [5.41, 5.74) is 7.61. The van der Waals surface area contributed by atoms with Crippen molar-refractivity contribution in [2.45, 2.75) is 13.3 Å². The van der Waals surface area contributed by atoms with Gasteiger partial charge in [0, 0.05) is 49.4 Å². The molecule has 0 spiro atoms. The zero-order valence-electron chi connectivity index (χ0n) is 20.4. The summed E-state index contributed by atoms with van der Waals surface area (Å²) in [7, 11) is 2.03. The molecule has 13 heteroatoms. The number of H-pyrrole nitrogens is 2. The van der Waals surface area contributed by atoms with Crippen LogP contribution in [-0.4, -0.2) is 69.9 Å². The van der Waals surface area contributed by atoms with Crippen molar-refractivity contribution < 1.29 is 13.5 Å². The van der Waals surface area contributed by atoms with Crippen molar-refractivity contribution in [3.05, 3.63) is 53.0 Å². The lowest BCUT2D eigenvalue weighted by Crippen LogP contribution is -2.48. The number of hydrogen-bond acceptors (Lipinski definition) is 8. The second-order valence-electron chi connectivity index (χ2n) is 8.82. The molecule has 194 valence electrons. The van der Waals surface area contributed by atoms with Gasteiger partial charge < -0.3 is 19.5 Å². The Bertz CT molecular complexity index is 1420. The standard InChI is InChI=1S/C24H27F2N9OS/c1-14-10-15-17(28-14)11-16(25)24(23(15)26)36-20(27)13-22(35-7-5-34(2)6-8-35)32-33-31-21-12-18(29-30-21)19-4-3-9-37-19/h3-4,9-12,27-28,33H,5-8,13H2,1-2H3,(H2,29,30,31)/b27-20?,32-22-. The van der Waals surface area contributed by atoms with Gasteiger partial charge in [0.25, 0.3) is 0 Å². The van der Waals surface area contributed by atoms with Gasteiger partial charge in [-0.15, -0.1) is 16.4 Å². The fourth-order valence-corrected chi connectivity index (χ4v) is 4.79. The Morgan fingerprint density at radius 2 is 2.05 bits per heavy atom. The smallest absolute Gasteiger partial charge is 0.201 e. The van der Waals surface area contributed by atoms with Crippen molar-refractivity contribution >= 4 is 39.8 Å². The molecule has 3 aromatic heterocycles. The number of aryl methyl sites for hydroxylation is 1. The molecule has 1 saturated heterocycles. The van der Waals surface area contributed by atoms with Crippen LogP contribution in [0.1, 0.15) is 12.1 Å². The molecule has 37 heavy (non-hydrogen) atoms. The number of anilines is 1. The summed E-state index contributed by atoms with van der Waals surface area (Å²) in [6, 6.07) is 8.55. The minimum Gasteiger partial charge on any atom is -0.437 e. The third-order valence-electron chi connectivity index (χ3n) is 6.05. The van der Waals surface area contributed by atoms with Crippen molar-refractivity contribution in [1.82, 2.24) is 30.5 Å². The van der Waals surface area contributed by atoms with E-state index < -0.39 is 17.4 Å². The van der Waals surface area contributed by atoms with Crippen molar-refractivity contribution in [1.29, 1.82) is 5.41 Å². The van der Waals surface area contributed by atoms with Crippen molar-refractivity contribution in [3.8, 4) is 16.3 Å². The first-order valence-electron chi connectivity index (χ1n) is 11.7. The monoisotopic (exact) mass is 527 g/mol. The van der Waals surface area contributed by atoms with E-state index >= 15 is 0 Å². The summed E-state index contributed by atoms with van der Waals surface area (Å²) in [5, 5.41) is 22.2. The Morgan fingerprint density at radius 1 is 1.24 bits per heavy atom. The molecule has 5 N–H and O–H groups in total. The topological polar surface area (TPSA) is 120 Å². The largest absolute Gasteiger partial charge is 0.437 e. The lowest BCUT2D eigenvalue weighted by atomic mass is 10.2. The first kappa shape index (κ1) is 24.7. The van der Waals surface area contributed by atoms with Crippen LogP contribution in [-0.2, 0) is 0 Å². The molecule has 10 nitrogen and oxygen atoms in total. The third kappa shape index (κ3) is 5.57. The molecular formula is C24H27F2N9OS. The van der Waals surface area contributed by atoms with Gasteiger partial charge in [-0.2, -0.15) is 5.10 Å². The van der Waals surface area contributed by atoms with E-state index in [1.165, 1.54) is 6.07 Å². The number of hydrogen-bond donors (Lipinski definition) is 5. The first-order chi connectivity index (χ1) is 17.9. The summed E-state index contributed by atoms with van der Waals surface area (Å²) in [6.45, 7) is 4.76. The number of ether oxygens (including phenoxy) is 1. The number of amidine groups is 1. The van der Waals surface area contributed by atoms with Gasteiger partial charge in [-0.1, -0.05) is 6.07 Å². The highest BCUT2D eigenvalue weighted by atomic mass is 32.1. The van der Waals surface area contributed by atoms with Crippen LogP contribution in [0.4, 0.5) is 14.6 Å². The molecule has 1 aliphatic rings. The van der Waals surface area contributed by atoms with E-state index in [1.54, 1.807) is 24.3 Å². The number of rotatable bonds is 7. The van der Waals surface area contributed by atoms with Crippen LogP contribution in [0, 0.1) is 24.0 Å². The lowest BCUT2D eigenvalue weighted by Gasteiger charge is -2.34. The van der Waals surface area contributed by atoms with Gasteiger partial charge in [0.15, 0.2) is 23.4 Å². The second kappa shape index (κ2) is 10.6. The number of likely N-dealkylation sites (N-methyl/N-ethyl adjacent to an activating group) is 1. The SMILES string of the molecule is Cc1cc2c(F)c(OC(=N)C/C(=N/NNc3cc(-c4cccs4)[nH]n3)N3CCN(C)CC3)c(F)cc2[nH]1. The molecule has 0 atom stereocenters. The minimum absolute atomic E-state index is 0.0670. The number of piperazine rings is 1. The molecule has 0 bridgehead atoms. The molecule has 4 heterocycles. The van der Waals surface area contributed by atoms with Crippen LogP contribution in [0.3, 0.4) is 0 Å². The van der Waals surface area contributed by atoms with Crippen LogP contribution in [0.2, 0.25) is 0 Å². The molecule has 0 saturated carbocycles. The average molecular weight is 528 g/mol. The maximum absolute atomic E-state index is 15.0. The van der Waals surface area contributed by atoms with Crippen molar-refractivity contribution in [3.63, 3.8) is 0 Å². The third-order valence-corrected chi connectivity index (χ3v) is 6.96. The van der Waals surface area contributed by atoms with Gasteiger partial charge in [-0.25, -0.2) is 14.3 Å². The quantitative estimate of drug-likeness (QED) is 0.140. The van der Waals surface area contributed by atoms with Gasteiger partial charge >= 0.3 is 0 Å². The normalized spacial score (nSPS) is 14.8. The van der Waals surface area contributed by atoms with Crippen molar-refractivity contribution in [2.24, 2.45) is 5.10 Å². The van der Waals surface area contributed by atoms with E-state index in [-0.39, 0.29) is 17.7 Å². The van der Waals surface area contributed by atoms with E-state index in [4.69, 9.17) is 10.1 Å². The van der Waals surface area contributed by atoms with Gasteiger partial charge in [-0.3, -0.25) is 15.9 Å². The van der Waals surface area contributed by atoms with Gasteiger partial charge in [0.1, 0.15) is 5.84 Å². The molecule has 0 radical (unpaired) electrons. The average Bonchev–Trinajstić information content (AvgIpc) is 3.63. The zero-order chi connectivity index (χ0) is 25.9. The zero-order valence-corrected chi connectivity index (χ0v) is 21.2. The summed E-state index contributed by atoms with van der Waals surface area (Å²) < 4.78 is 35.0. The second-order valence-corrected chi connectivity index (χ2v) is 9.76. The number of hydrazine groups is 1. The number of nitrogens with zero attached hydrogens (tertiary/aromatic N) is 4. The van der Waals surface area contributed by atoms with E-state index in [1.807, 2.05) is 35.5 Å². The highest BCUT2D eigenvalue weighted by molar-refractivity contribution is 7.13. The van der Waals surface area contributed by atoms with Crippen LogP contribution in [0.15, 0.2) is 40.8 Å². The predicted octanol–water partition coefficient (Wildman–Crippen LogP) is 4.13. The molecule has 1 aromatic carbocycles. The maximum atomic E-state index is 15.0. The Kier molecular flexibility index (Phi) is 7.06. The molecule has 0 aliphatic carbocycles. The minimum atomic E-state index is -0.880. The Labute approximate surface area is 215 Å². The fraction of sp³-hybridized carbons (Fsp3) is 0.292. The van der Waals surface area contributed by atoms with Gasteiger partial charge in [0.05, 0.1) is 22.5 Å². The number of thiophene rings is 1. The summed E-state index contributed by atoms with van der Waals surface area (Å²) in [5.74, 6) is -1.62. The number of hydrazone groups is 1. The van der Waals surface area contributed by atoms with Crippen LogP contribution >= 0.6 is 11.3 Å². The van der Waals surface area contributed by atoms with Crippen molar-refractivity contribution in [2.75, 3.05) is 38.7 Å². The Hall–Kier alpha value is -3.97. The van der Waals surface area contributed by atoms with E-state index in [9.17, 15) is 8.78 Å². The number of benzene rings is 1. The highest BCUT2D eigenvalue weighted by Crippen LogP contribution is 2.30. The molecule has 0 amide bonds. The van der Waals surface area contributed by atoms with E-state index in [0.29, 0.717) is 36.0 Å². The number of aromatic amines is 2. The summed E-state index contributed by atoms with van der Waals surface area (Å²) >= 11 is 1.60. The molecule has 0 unspecified atom stereocenters. The van der Waals surface area contributed by atoms with E-state index in [0.717, 1.165) is 23.7 Å². The van der Waals surface area contributed by atoms with Crippen LogP contribution < -0.4 is 15.7 Å². The number of aromatic nitrogens is 3. The molecule has 1 fully saturated rings. The Morgan fingerprint density at radius 3 is 2.81 bits per heavy atom. The molecular weight excluding hydrogens is 500 g/mol. The molecule has 5 rings (SSSR count). The summed E-state index contributed by atoms with van der Waals surface area (Å²) in [6.07, 6.45) is -0.0670. The predicted molar refractivity (Wildman–Crippen MR) is 141 cm³/mol. The van der Waals surface area contributed by atoms with Gasteiger partial charge in [-0.05, 0) is 31.5 Å². The summed E-state index contributed by atoms with van der Waals surface area (Å²) in [4.78, 5) is 8.16. The number of fused-ring (bicyclic) bond motifs is 1. The van der Waals surface area contributed by atoms with Gasteiger partial charge in [0.2, 0.25) is 5.75 Å². The first-order valence-corrected chi connectivity index (χ1v) is 12.6. The van der Waals surface area contributed by atoms with Crippen LogP contribution in [0.25, 0.3) is 21.5 Å². The highest BCUT2D eigenvalue weighted by Gasteiger charge is 2.23.